The Kier molecular flexibility index (Phi) is 4.71. The third-order valence-electron chi connectivity index (χ3n) is 2.19. The first-order valence-corrected chi connectivity index (χ1v) is 5.29. The van der Waals surface area contributed by atoms with Crippen molar-refractivity contribution in [1.82, 2.24) is 15.0 Å². The van der Waals surface area contributed by atoms with Crippen molar-refractivity contribution in [3.05, 3.63) is 11.4 Å². The standard InChI is InChI=1S/C10H20N4O/c1-8(2)7-14-10(4-5-15-3)9(6-11)12-13-14/h8H,4-7,11H2,1-3H3. The largest absolute Gasteiger partial charge is 0.384 e. The van der Waals surface area contributed by atoms with E-state index in [9.17, 15) is 0 Å². The number of methoxy groups -OCH3 is 1. The van der Waals surface area contributed by atoms with Crippen molar-refractivity contribution in [2.24, 2.45) is 11.7 Å². The van der Waals surface area contributed by atoms with Gasteiger partial charge in [0.1, 0.15) is 0 Å². The molecule has 0 aliphatic heterocycles. The monoisotopic (exact) mass is 212 g/mol. The van der Waals surface area contributed by atoms with Crippen LogP contribution >= 0.6 is 0 Å². The summed E-state index contributed by atoms with van der Waals surface area (Å²) in [6.45, 7) is 6.31. The molecule has 0 bridgehead atoms. The first-order chi connectivity index (χ1) is 7.19. The van der Waals surface area contributed by atoms with Gasteiger partial charge in [0.2, 0.25) is 0 Å². The lowest BCUT2D eigenvalue weighted by molar-refractivity contribution is 0.199. The topological polar surface area (TPSA) is 66.0 Å². The second-order valence-electron chi connectivity index (χ2n) is 4.01. The summed E-state index contributed by atoms with van der Waals surface area (Å²) in [5.74, 6) is 0.554. The molecule has 0 amide bonds. The minimum atomic E-state index is 0.442. The summed E-state index contributed by atoms with van der Waals surface area (Å²) in [4.78, 5) is 0. The fourth-order valence-corrected chi connectivity index (χ4v) is 1.49. The molecule has 15 heavy (non-hydrogen) atoms. The molecular weight excluding hydrogens is 192 g/mol. The van der Waals surface area contributed by atoms with Crippen LogP contribution in [0.1, 0.15) is 25.2 Å². The van der Waals surface area contributed by atoms with E-state index in [1.54, 1.807) is 7.11 Å². The van der Waals surface area contributed by atoms with Crippen molar-refractivity contribution in [3.63, 3.8) is 0 Å². The zero-order valence-electron chi connectivity index (χ0n) is 9.73. The lowest BCUT2D eigenvalue weighted by Gasteiger charge is -2.09. The van der Waals surface area contributed by atoms with Crippen LogP contribution in [0.5, 0.6) is 0 Å². The molecule has 1 aromatic rings. The Morgan fingerprint density at radius 2 is 2.20 bits per heavy atom. The van der Waals surface area contributed by atoms with Crippen LogP contribution < -0.4 is 5.73 Å². The normalized spacial score (nSPS) is 11.3. The molecular formula is C10H20N4O. The predicted octanol–water partition coefficient (Wildman–Crippen LogP) is 0.582. The average molecular weight is 212 g/mol. The van der Waals surface area contributed by atoms with Crippen LogP contribution in [0.15, 0.2) is 0 Å². The zero-order valence-corrected chi connectivity index (χ0v) is 9.73. The molecule has 86 valence electrons. The lowest BCUT2D eigenvalue weighted by Crippen LogP contribution is -2.13. The van der Waals surface area contributed by atoms with Gasteiger partial charge in [-0.3, -0.25) is 0 Å². The second-order valence-corrected chi connectivity index (χ2v) is 4.01. The Hall–Kier alpha value is -0.940. The van der Waals surface area contributed by atoms with Crippen molar-refractivity contribution in [2.75, 3.05) is 13.7 Å². The summed E-state index contributed by atoms with van der Waals surface area (Å²) in [6.07, 6.45) is 0.822. The third-order valence-corrected chi connectivity index (χ3v) is 2.19. The van der Waals surface area contributed by atoms with E-state index in [0.717, 1.165) is 24.4 Å². The SMILES string of the molecule is COCCc1c(CN)nnn1CC(C)C. The Morgan fingerprint density at radius 3 is 2.73 bits per heavy atom. The van der Waals surface area contributed by atoms with Crippen molar-refractivity contribution >= 4 is 0 Å². The van der Waals surface area contributed by atoms with Gasteiger partial charge in [0.25, 0.3) is 0 Å². The van der Waals surface area contributed by atoms with Crippen LogP contribution in [-0.4, -0.2) is 28.7 Å². The van der Waals surface area contributed by atoms with E-state index < -0.39 is 0 Å². The molecule has 0 unspecified atom stereocenters. The smallest absolute Gasteiger partial charge is 0.0995 e. The van der Waals surface area contributed by atoms with Crippen molar-refractivity contribution in [1.29, 1.82) is 0 Å². The van der Waals surface area contributed by atoms with Gasteiger partial charge in [-0.2, -0.15) is 0 Å². The minimum absolute atomic E-state index is 0.442. The van der Waals surface area contributed by atoms with Crippen molar-refractivity contribution in [2.45, 2.75) is 33.4 Å². The van der Waals surface area contributed by atoms with Crippen molar-refractivity contribution < 1.29 is 4.74 Å². The van der Waals surface area contributed by atoms with E-state index in [-0.39, 0.29) is 0 Å². The molecule has 0 aliphatic rings. The molecule has 1 rings (SSSR count). The highest BCUT2D eigenvalue weighted by Crippen LogP contribution is 2.08. The molecule has 0 atom stereocenters. The number of hydrogen-bond acceptors (Lipinski definition) is 4. The molecule has 0 radical (unpaired) electrons. The second kappa shape index (κ2) is 5.82. The van der Waals surface area contributed by atoms with Gasteiger partial charge in [-0.25, -0.2) is 4.68 Å². The number of nitrogens with two attached hydrogens (primary N) is 1. The van der Waals surface area contributed by atoms with Crippen molar-refractivity contribution in [3.8, 4) is 0 Å². The van der Waals surface area contributed by atoms with Crippen LogP contribution in [-0.2, 0) is 24.2 Å². The summed E-state index contributed by atoms with van der Waals surface area (Å²) in [5.41, 5.74) is 7.60. The number of hydrogen-bond donors (Lipinski definition) is 1. The van der Waals surface area contributed by atoms with Gasteiger partial charge in [-0.15, -0.1) is 5.10 Å². The lowest BCUT2D eigenvalue weighted by atomic mass is 10.2. The van der Waals surface area contributed by atoms with E-state index in [0.29, 0.717) is 19.1 Å². The average Bonchev–Trinajstić information content (AvgIpc) is 2.56. The number of nitrogens with zero attached hydrogens (tertiary/aromatic N) is 3. The summed E-state index contributed by atoms with van der Waals surface area (Å²) in [6, 6.07) is 0. The maximum absolute atomic E-state index is 5.61. The Morgan fingerprint density at radius 1 is 1.47 bits per heavy atom. The summed E-state index contributed by atoms with van der Waals surface area (Å²) >= 11 is 0. The number of ether oxygens (including phenoxy) is 1. The van der Waals surface area contributed by atoms with Gasteiger partial charge in [-0.1, -0.05) is 19.1 Å². The van der Waals surface area contributed by atoms with Gasteiger partial charge in [0.15, 0.2) is 0 Å². The maximum Gasteiger partial charge on any atom is 0.0995 e. The molecule has 0 saturated carbocycles. The van der Waals surface area contributed by atoms with E-state index in [2.05, 4.69) is 24.2 Å². The van der Waals surface area contributed by atoms with Crippen LogP contribution in [0.3, 0.4) is 0 Å². The van der Waals surface area contributed by atoms with Gasteiger partial charge in [0.05, 0.1) is 18.0 Å². The number of aromatic nitrogens is 3. The highest BCUT2D eigenvalue weighted by molar-refractivity contribution is 5.10. The van der Waals surface area contributed by atoms with Crippen LogP contribution in [0, 0.1) is 5.92 Å². The van der Waals surface area contributed by atoms with E-state index in [1.165, 1.54) is 0 Å². The van der Waals surface area contributed by atoms with Crippen LogP contribution in [0.2, 0.25) is 0 Å². The summed E-state index contributed by atoms with van der Waals surface area (Å²) in [7, 11) is 1.69. The predicted molar refractivity (Wildman–Crippen MR) is 58.3 cm³/mol. The van der Waals surface area contributed by atoms with Gasteiger partial charge in [0, 0.05) is 26.6 Å². The summed E-state index contributed by atoms with van der Waals surface area (Å²) < 4.78 is 7.00. The first-order valence-electron chi connectivity index (χ1n) is 5.29. The Labute approximate surface area is 90.6 Å². The van der Waals surface area contributed by atoms with Crippen LogP contribution in [0.25, 0.3) is 0 Å². The third kappa shape index (κ3) is 3.28. The molecule has 5 nitrogen and oxygen atoms in total. The zero-order chi connectivity index (χ0) is 11.3. The molecule has 1 heterocycles. The molecule has 0 spiro atoms. The van der Waals surface area contributed by atoms with Crippen LogP contribution in [0.4, 0.5) is 0 Å². The quantitative estimate of drug-likeness (QED) is 0.749. The molecule has 0 saturated heterocycles. The van der Waals surface area contributed by atoms with Gasteiger partial charge < -0.3 is 10.5 Å². The molecule has 0 fully saturated rings. The highest BCUT2D eigenvalue weighted by atomic mass is 16.5. The van der Waals surface area contributed by atoms with E-state index >= 15 is 0 Å². The van der Waals surface area contributed by atoms with E-state index in [4.69, 9.17) is 10.5 Å². The Bertz CT molecular complexity index is 296. The fourth-order valence-electron chi connectivity index (χ4n) is 1.49. The molecule has 0 aromatic carbocycles. The number of rotatable bonds is 6. The minimum Gasteiger partial charge on any atom is -0.384 e. The highest BCUT2D eigenvalue weighted by Gasteiger charge is 2.11. The Balaban J connectivity index is 2.79. The summed E-state index contributed by atoms with van der Waals surface area (Å²) in [5, 5.41) is 8.18. The van der Waals surface area contributed by atoms with Gasteiger partial charge in [-0.05, 0) is 5.92 Å². The fraction of sp³-hybridized carbons (Fsp3) is 0.800. The first kappa shape index (κ1) is 12.1. The molecule has 5 heteroatoms. The van der Waals surface area contributed by atoms with Gasteiger partial charge >= 0.3 is 0 Å². The maximum atomic E-state index is 5.61. The van der Waals surface area contributed by atoms with E-state index in [1.807, 2.05) is 4.68 Å². The molecule has 1 aromatic heterocycles. The molecule has 0 aliphatic carbocycles. The molecule has 2 N–H and O–H groups in total.